The Labute approximate surface area is 117 Å². The van der Waals surface area contributed by atoms with E-state index in [4.69, 9.17) is 5.26 Å². The second-order valence-corrected chi connectivity index (χ2v) is 4.59. The Hall–Kier alpha value is -2.80. The molecular formula is C16H13N3O. The third kappa shape index (κ3) is 2.10. The number of carbonyl (C=O) groups is 1. The first-order chi connectivity index (χ1) is 9.79. The van der Waals surface area contributed by atoms with Crippen LogP contribution >= 0.6 is 0 Å². The third-order valence-corrected chi connectivity index (χ3v) is 3.28. The number of para-hydroxylation sites is 2. The van der Waals surface area contributed by atoms with Crippen LogP contribution in [-0.2, 0) is 4.79 Å². The van der Waals surface area contributed by atoms with Crippen LogP contribution in [0.3, 0.4) is 0 Å². The highest BCUT2D eigenvalue weighted by Gasteiger charge is 2.23. The molecule has 4 nitrogen and oxygen atoms in total. The molecule has 0 unspecified atom stereocenters. The zero-order valence-corrected chi connectivity index (χ0v) is 10.8. The van der Waals surface area contributed by atoms with Crippen molar-refractivity contribution >= 4 is 23.0 Å². The van der Waals surface area contributed by atoms with Gasteiger partial charge in [-0.2, -0.15) is 5.26 Å². The molecule has 3 rings (SSSR count). The summed E-state index contributed by atoms with van der Waals surface area (Å²) in [7, 11) is 0. The monoisotopic (exact) mass is 263 g/mol. The number of hydrogen-bond donors (Lipinski definition) is 1. The van der Waals surface area contributed by atoms with Gasteiger partial charge in [0.05, 0.1) is 28.7 Å². The SMILES string of the molecule is N#Cc1cccc(N2C(=O)CCNc3ccccc32)c1. The molecule has 2 aromatic rings. The summed E-state index contributed by atoms with van der Waals surface area (Å²) >= 11 is 0. The topological polar surface area (TPSA) is 56.1 Å². The van der Waals surface area contributed by atoms with Crippen LogP contribution in [0.25, 0.3) is 0 Å². The largest absolute Gasteiger partial charge is 0.383 e. The number of carbonyl (C=O) groups excluding carboxylic acids is 1. The lowest BCUT2D eigenvalue weighted by Gasteiger charge is -2.22. The summed E-state index contributed by atoms with van der Waals surface area (Å²) in [5.74, 6) is 0.0255. The Morgan fingerprint density at radius 2 is 2.00 bits per heavy atom. The molecule has 4 heteroatoms. The zero-order chi connectivity index (χ0) is 13.9. The van der Waals surface area contributed by atoms with Gasteiger partial charge in [0.25, 0.3) is 0 Å². The van der Waals surface area contributed by atoms with Crippen LogP contribution in [0.5, 0.6) is 0 Å². The molecular weight excluding hydrogens is 250 g/mol. The third-order valence-electron chi connectivity index (χ3n) is 3.28. The molecule has 1 amide bonds. The van der Waals surface area contributed by atoms with Crippen LogP contribution < -0.4 is 10.2 Å². The van der Waals surface area contributed by atoms with Gasteiger partial charge in [-0.15, -0.1) is 0 Å². The van der Waals surface area contributed by atoms with Gasteiger partial charge >= 0.3 is 0 Å². The number of nitrogens with zero attached hydrogens (tertiary/aromatic N) is 2. The molecule has 0 spiro atoms. The summed E-state index contributed by atoms with van der Waals surface area (Å²) in [6.07, 6.45) is 0.422. The molecule has 0 saturated heterocycles. The van der Waals surface area contributed by atoms with Gasteiger partial charge in [0, 0.05) is 13.0 Å². The maximum Gasteiger partial charge on any atom is 0.233 e. The van der Waals surface area contributed by atoms with Crippen LogP contribution in [-0.4, -0.2) is 12.5 Å². The van der Waals surface area contributed by atoms with Crippen molar-refractivity contribution < 1.29 is 4.79 Å². The Kier molecular flexibility index (Phi) is 3.10. The Morgan fingerprint density at radius 3 is 2.85 bits per heavy atom. The van der Waals surface area contributed by atoms with Crippen molar-refractivity contribution in [3.63, 3.8) is 0 Å². The molecule has 0 saturated carbocycles. The zero-order valence-electron chi connectivity index (χ0n) is 10.8. The molecule has 0 fully saturated rings. The maximum absolute atomic E-state index is 12.4. The number of fused-ring (bicyclic) bond motifs is 1. The fraction of sp³-hybridized carbons (Fsp3) is 0.125. The summed E-state index contributed by atoms with van der Waals surface area (Å²) in [6, 6.07) is 16.9. The van der Waals surface area contributed by atoms with Crippen molar-refractivity contribution in [3.8, 4) is 6.07 Å². The normalized spacial score (nSPS) is 13.9. The molecule has 98 valence electrons. The average molecular weight is 263 g/mol. The molecule has 1 N–H and O–H groups in total. The number of nitriles is 1. The van der Waals surface area contributed by atoms with Gasteiger partial charge in [-0.3, -0.25) is 9.69 Å². The molecule has 1 heterocycles. The van der Waals surface area contributed by atoms with E-state index in [0.29, 0.717) is 18.5 Å². The second kappa shape index (κ2) is 5.06. The predicted molar refractivity (Wildman–Crippen MR) is 77.9 cm³/mol. The van der Waals surface area contributed by atoms with E-state index in [1.807, 2.05) is 30.3 Å². The molecule has 0 aromatic heterocycles. The van der Waals surface area contributed by atoms with E-state index in [-0.39, 0.29) is 5.91 Å². The number of anilines is 3. The lowest BCUT2D eigenvalue weighted by atomic mass is 10.1. The minimum absolute atomic E-state index is 0.0255. The molecule has 1 aliphatic rings. The molecule has 20 heavy (non-hydrogen) atoms. The fourth-order valence-corrected chi connectivity index (χ4v) is 2.37. The van der Waals surface area contributed by atoms with E-state index < -0.39 is 0 Å². The summed E-state index contributed by atoms with van der Waals surface area (Å²) in [4.78, 5) is 14.1. The minimum Gasteiger partial charge on any atom is -0.383 e. The van der Waals surface area contributed by atoms with Crippen molar-refractivity contribution in [3.05, 3.63) is 54.1 Å². The molecule has 0 bridgehead atoms. The number of benzene rings is 2. The minimum atomic E-state index is 0.0255. The summed E-state index contributed by atoms with van der Waals surface area (Å²) in [6.45, 7) is 0.615. The van der Waals surface area contributed by atoms with E-state index in [1.54, 1.807) is 23.1 Å². The molecule has 1 aliphatic heterocycles. The van der Waals surface area contributed by atoms with E-state index in [1.165, 1.54) is 0 Å². The van der Waals surface area contributed by atoms with Crippen molar-refractivity contribution in [1.82, 2.24) is 0 Å². The number of nitrogens with one attached hydrogen (secondary N) is 1. The van der Waals surface area contributed by atoms with Gasteiger partial charge in [-0.1, -0.05) is 18.2 Å². The summed E-state index contributed by atoms with van der Waals surface area (Å²) < 4.78 is 0. The molecule has 2 aromatic carbocycles. The van der Waals surface area contributed by atoms with Crippen molar-refractivity contribution in [2.45, 2.75) is 6.42 Å². The van der Waals surface area contributed by atoms with E-state index in [2.05, 4.69) is 11.4 Å². The van der Waals surface area contributed by atoms with Crippen LogP contribution in [0, 0.1) is 11.3 Å². The lowest BCUT2D eigenvalue weighted by Crippen LogP contribution is -2.25. The predicted octanol–water partition coefficient (Wildman–Crippen LogP) is 3.04. The second-order valence-electron chi connectivity index (χ2n) is 4.59. The highest BCUT2D eigenvalue weighted by molar-refractivity contribution is 6.04. The Morgan fingerprint density at radius 1 is 1.15 bits per heavy atom. The number of amides is 1. The Balaban J connectivity index is 2.15. The quantitative estimate of drug-likeness (QED) is 0.860. The number of rotatable bonds is 1. The smallest absolute Gasteiger partial charge is 0.233 e. The first-order valence-corrected chi connectivity index (χ1v) is 6.45. The number of hydrogen-bond acceptors (Lipinski definition) is 3. The highest BCUT2D eigenvalue weighted by atomic mass is 16.2. The Bertz CT molecular complexity index is 703. The van der Waals surface area contributed by atoms with Gasteiger partial charge in [0.15, 0.2) is 0 Å². The van der Waals surface area contributed by atoms with E-state index >= 15 is 0 Å². The van der Waals surface area contributed by atoms with Crippen molar-refractivity contribution in [1.29, 1.82) is 5.26 Å². The van der Waals surface area contributed by atoms with Gasteiger partial charge in [-0.25, -0.2) is 0 Å². The van der Waals surface area contributed by atoms with Gasteiger partial charge < -0.3 is 5.32 Å². The molecule has 0 radical (unpaired) electrons. The fourth-order valence-electron chi connectivity index (χ4n) is 2.37. The molecule has 0 atom stereocenters. The van der Waals surface area contributed by atoms with Gasteiger partial charge in [-0.05, 0) is 30.3 Å². The summed E-state index contributed by atoms with van der Waals surface area (Å²) in [5, 5.41) is 12.3. The maximum atomic E-state index is 12.4. The van der Waals surface area contributed by atoms with Crippen LogP contribution in [0.4, 0.5) is 17.1 Å². The van der Waals surface area contributed by atoms with Gasteiger partial charge in [0.1, 0.15) is 0 Å². The standard InChI is InChI=1S/C16H13N3O/c17-11-12-4-3-5-13(10-12)19-15-7-2-1-6-14(15)18-9-8-16(19)20/h1-7,10,18H,8-9H2. The van der Waals surface area contributed by atoms with Gasteiger partial charge in [0.2, 0.25) is 5.91 Å². The summed E-state index contributed by atoms with van der Waals surface area (Å²) in [5.41, 5.74) is 3.03. The van der Waals surface area contributed by atoms with E-state index in [0.717, 1.165) is 17.1 Å². The highest BCUT2D eigenvalue weighted by Crippen LogP contribution is 2.34. The first-order valence-electron chi connectivity index (χ1n) is 6.45. The average Bonchev–Trinajstić information content (AvgIpc) is 2.65. The van der Waals surface area contributed by atoms with Crippen LogP contribution in [0.1, 0.15) is 12.0 Å². The van der Waals surface area contributed by atoms with Crippen LogP contribution in [0.2, 0.25) is 0 Å². The lowest BCUT2D eigenvalue weighted by molar-refractivity contribution is -0.117. The first kappa shape index (κ1) is 12.2. The van der Waals surface area contributed by atoms with Crippen molar-refractivity contribution in [2.24, 2.45) is 0 Å². The van der Waals surface area contributed by atoms with Crippen molar-refractivity contribution in [2.75, 3.05) is 16.8 Å². The molecule has 0 aliphatic carbocycles. The van der Waals surface area contributed by atoms with Crippen LogP contribution in [0.15, 0.2) is 48.5 Å². The van der Waals surface area contributed by atoms with E-state index in [9.17, 15) is 4.79 Å².